The van der Waals surface area contributed by atoms with Crippen LogP contribution in [0.2, 0.25) is 0 Å². The molecule has 0 saturated carbocycles. The largest absolute Gasteiger partial charge is 0.452 e. The number of ether oxygens (including phenoxy) is 3. The number of carbonyl (C=O) groups is 2. The van der Waals surface area contributed by atoms with Crippen molar-refractivity contribution in [2.24, 2.45) is 0 Å². The standard InChI is InChI=1S/C24H18N4O6/c29-18-12-11-16-21-27(26-25-16)13-17-19(33-23(30)14-7-3-1-4-8-14)20(22(32-17)28(18)21)34-24(31)15-9-5-2-6-10-15/h1-12,17,19-20,22H,13H2/t17-,19?,20?,22-/m1/s1. The number of carbonyl (C=O) groups excluding carboxylic acids is 2. The summed E-state index contributed by atoms with van der Waals surface area (Å²) < 4.78 is 20.7. The van der Waals surface area contributed by atoms with E-state index in [1.165, 1.54) is 10.6 Å². The Morgan fingerprint density at radius 2 is 1.47 bits per heavy atom. The summed E-state index contributed by atoms with van der Waals surface area (Å²) in [4.78, 5) is 38.8. The molecule has 2 unspecified atom stereocenters. The maximum atomic E-state index is 13.0. The highest BCUT2D eigenvalue weighted by Gasteiger charge is 2.53. The Balaban J connectivity index is 1.42. The van der Waals surface area contributed by atoms with Gasteiger partial charge in [0, 0.05) is 6.07 Å². The van der Waals surface area contributed by atoms with Gasteiger partial charge in [-0.1, -0.05) is 41.6 Å². The lowest BCUT2D eigenvalue weighted by Gasteiger charge is -2.27. The van der Waals surface area contributed by atoms with Gasteiger partial charge in [0.05, 0.1) is 17.7 Å². The van der Waals surface area contributed by atoms with Crippen LogP contribution < -0.4 is 5.56 Å². The number of aromatic nitrogens is 4. The van der Waals surface area contributed by atoms with Crippen LogP contribution in [0.1, 0.15) is 26.9 Å². The molecule has 4 atom stereocenters. The van der Waals surface area contributed by atoms with Gasteiger partial charge in [-0.3, -0.25) is 9.36 Å². The van der Waals surface area contributed by atoms with Crippen molar-refractivity contribution in [3.8, 4) is 0 Å². The van der Waals surface area contributed by atoms with Gasteiger partial charge in [0.25, 0.3) is 5.56 Å². The molecule has 1 fully saturated rings. The average molecular weight is 458 g/mol. The molecule has 10 heteroatoms. The zero-order valence-corrected chi connectivity index (χ0v) is 17.7. The van der Waals surface area contributed by atoms with E-state index in [9.17, 15) is 14.4 Å². The molecule has 6 rings (SSSR count). The molecule has 0 N–H and O–H groups in total. The highest BCUT2D eigenvalue weighted by molar-refractivity contribution is 5.90. The van der Waals surface area contributed by atoms with E-state index in [-0.39, 0.29) is 12.1 Å². The first-order valence-corrected chi connectivity index (χ1v) is 10.7. The van der Waals surface area contributed by atoms with Crippen molar-refractivity contribution in [2.45, 2.75) is 31.1 Å². The topological polar surface area (TPSA) is 115 Å². The van der Waals surface area contributed by atoms with Crippen molar-refractivity contribution >= 4 is 23.1 Å². The van der Waals surface area contributed by atoms with Crippen LogP contribution in [0.25, 0.3) is 11.2 Å². The van der Waals surface area contributed by atoms with E-state index in [2.05, 4.69) is 10.3 Å². The van der Waals surface area contributed by atoms with Crippen molar-refractivity contribution in [3.05, 3.63) is 94.3 Å². The molecule has 2 aliphatic heterocycles. The molecule has 2 aromatic carbocycles. The second-order valence-electron chi connectivity index (χ2n) is 8.06. The van der Waals surface area contributed by atoms with Crippen molar-refractivity contribution in [2.75, 3.05) is 0 Å². The summed E-state index contributed by atoms with van der Waals surface area (Å²) in [5.41, 5.74) is 1.25. The Kier molecular flexibility index (Phi) is 4.73. The number of fused-ring (bicyclic) bond motifs is 3. The Labute approximate surface area is 192 Å². The molecular weight excluding hydrogens is 440 g/mol. The molecule has 2 bridgehead atoms. The second kappa shape index (κ2) is 7.92. The van der Waals surface area contributed by atoms with Crippen LogP contribution in [0.4, 0.5) is 0 Å². The summed E-state index contributed by atoms with van der Waals surface area (Å²) in [6.45, 7) is 0.155. The minimum absolute atomic E-state index is 0.155. The van der Waals surface area contributed by atoms with E-state index in [1.54, 1.807) is 71.4 Å². The zero-order valence-electron chi connectivity index (χ0n) is 17.7. The highest BCUT2D eigenvalue weighted by Crippen LogP contribution is 2.38. The van der Waals surface area contributed by atoms with Crippen LogP contribution in [-0.4, -0.2) is 49.8 Å². The average Bonchev–Trinajstić information content (AvgIpc) is 3.35. The predicted molar refractivity (Wildman–Crippen MR) is 117 cm³/mol. The Morgan fingerprint density at radius 1 is 0.853 bits per heavy atom. The highest BCUT2D eigenvalue weighted by atomic mass is 16.6. The van der Waals surface area contributed by atoms with Crippen LogP contribution in [0, 0.1) is 0 Å². The smallest absolute Gasteiger partial charge is 0.338 e. The first-order valence-electron chi connectivity index (χ1n) is 10.7. The fourth-order valence-electron chi connectivity index (χ4n) is 4.41. The summed E-state index contributed by atoms with van der Waals surface area (Å²) >= 11 is 0. The van der Waals surface area contributed by atoms with Crippen LogP contribution in [0.5, 0.6) is 0 Å². The second-order valence-corrected chi connectivity index (χ2v) is 8.06. The van der Waals surface area contributed by atoms with Gasteiger partial charge < -0.3 is 14.2 Å². The van der Waals surface area contributed by atoms with Crippen LogP contribution in [-0.2, 0) is 20.8 Å². The molecular formula is C24H18N4O6. The van der Waals surface area contributed by atoms with Crippen molar-refractivity contribution in [1.82, 2.24) is 19.6 Å². The lowest BCUT2D eigenvalue weighted by atomic mass is 10.1. The predicted octanol–water partition coefficient (Wildman–Crippen LogP) is 1.96. The summed E-state index contributed by atoms with van der Waals surface area (Å²) in [5.74, 6) is -1.21. The minimum Gasteiger partial charge on any atom is -0.452 e. The molecule has 4 heterocycles. The molecule has 0 aliphatic carbocycles. The molecule has 170 valence electrons. The number of benzene rings is 2. The summed E-state index contributed by atoms with van der Waals surface area (Å²) in [6, 6.07) is 19.9. The number of esters is 2. The SMILES string of the molecule is O=C(OC1C(OC(=O)c2ccccc2)[C@H]2Cn3nnc4ccc(=O)n(c43)[C@@H]1O2)c1ccccc1. The number of rotatable bonds is 4. The molecule has 0 amide bonds. The maximum Gasteiger partial charge on any atom is 0.338 e. The van der Waals surface area contributed by atoms with E-state index in [4.69, 9.17) is 14.2 Å². The molecule has 2 aliphatic rings. The van der Waals surface area contributed by atoms with E-state index in [1.807, 2.05) is 0 Å². The van der Waals surface area contributed by atoms with Gasteiger partial charge >= 0.3 is 11.9 Å². The minimum atomic E-state index is -1.07. The van der Waals surface area contributed by atoms with Crippen molar-refractivity contribution in [3.63, 3.8) is 0 Å². The van der Waals surface area contributed by atoms with Gasteiger partial charge in [-0.15, -0.1) is 5.10 Å². The zero-order chi connectivity index (χ0) is 23.2. The van der Waals surface area contributed by atoms with Gasteiger partial charge in [0.1, 0.15) is 11.6 Å². The monoisotopic (exact) mass is 458 g/mol. The molecule has 0 spiro atoms. The van der Waals surface area contributed by atoms with Gasteiger partial charge in [0.2, 0.25) is 0 Å². The Hall–Kier alpha value is -4.31. The first kappa shape index (κ1) is 20.3. The third-order valence-corrected chi connectivity index (χ3v) is 5.98. The van der Waals surface area contributed by atoms with E-state index in [0.717, 1.165) is 0 Å². The van der Waals surface area contributed by atoms with E-state index in [0.29, 0.717) is 22.3 Å². The lowest BCUT2D eigenvalue weighted by Crippen LogP contribution is -2.43. The quantitative estimate of drug-likeness (QED) is 0.427. The molecule has 10 nitrogen and oxygen atoms in total. The first-order chi connectivity index (χ1) is 16.6. The molecule has 34 heavy (non-hydrogen) atoms. The van der Waals surface area contributed by atoms with Crippen molar-refractivity contribution in [1.29, 1.82) is 0 Å². The fraction of sp³-hybridized carbons (Fsp3) is 0.208. The third-order valence-electron chi connectivity index (χ3n) is 5.98. The fourth-order valence-corrected chi connectivity index (χ4v) is 4.41. The molecule has 1 saturated heterocycles. The molecule has 4 aromatic rings. The number of pyridine rings is 1. The van der Waals surface area contributed by atoms with Gasteiger partial charge in [-0.2, -0.15) is 0 Å². The van der Waals surface area contributed by atoms with E-state index >= 15 is 0 Å². The van der Waals surface area contributed by atoms with Gasteiger partial charge in [0.15, 0.2) is 24.1 Å². The maximum absolute atomic E-state index is 13.0. The summed E-state index contributed by atoms with van der Waals surface area (Å²) in [6.07, 6.45) is -3.81. The molecule has 2 aromatic heterocycles. The van der Waals surface area contributed by atoms with Crippen LogP contribution in [0.15, 0.2) is 77.6 Å². The number of hydrogen-bond acceptors (Lipinski definition) is 8. The summed E-state index contributed by atoms with van der Waals surface area (Å²) in [5, 5.41) is 8.25. The van der Waals surface area contributed by atoms with Crippen LogP contribution in [0.3, 0.4) is 0 Å². The van der Waals surface area contributed by atoms with E-state index < -0.39 is 36.5 Å². The van der Waals surface area contributed by atoms with Gasteiger partial charge in [-0.25, -0.2) is 14.3 Å². The number of hydrogen-bond donors (Lipinski definition) is 0. The number of nitrogens with zero attached hydrogens (tertiary/aromatic N) is 4. The molecule has 0 radical (unpaired) electrons. The Morgan fingerprint density at radius 3 is 2.12 bits per heavy atom. The third kappa shape index (κ3) is 3.27. The summed E-state index contributed by atoms with van der Waals surface area (Å²) in [7, 11) is 0. The van der Waals surface area contributed by atoms with Crippen molar-refractivity contribution < 1.29 is 23.8 Å². The van der Waals surface area contributed by atoms with Gasteiger partial charge in [-0.05, 0) is 30.3 Å². The Bertz CT molecular complexity index is 1450. The normalized spacial score (nSPS) is 22.8. The lowest BCUT2D eigenvalue weighted by molar-refractivity contribution is -0.0486. The van der Waals surface area contributed by atoms with Crippen LogP contribution >= 0.6 is 0 Å².